The zero-order chi connectivity index (χ0) is 12.6. The second-order valence-electron chi connectivity index (χ2n) is 3.09. The summed E-state index contributed by atoms with van der Waals surface area (Å²) in [6.07, 6.45) is 0. The summed E-state index contributed by atoms with van der Waals surface area (Å²) in [5, 5.41) is 0.415. The van der Waals surface area contributed by atoms with Crippen molar-refractivity contribution in [3.63, 3.8) is 0 Å². The molecule has 0 spiro atoms. The van der Waals surface area contributed by atoms with E-state index >= 15 is 0 Å². The van der Waals surface area contributed by atoms with Crippen molar-refractivity contribution in [3.05, 3.63) is 18.2 Å². The van der Waals surface area contributed by atoms with Crippen molar-refractivity contribution < 1.29 is 46.7 Å². The van der Waals surface area contributed by atoms with Crippen LogP contribution in [0.25, 0.3) is 10.9 Å². The summed E-state index contributed by atoms with van der Waals surface area (Å²) in [6, 6.07) is 4.12. The van der Waals surface area contributed by atoms with Gasteiger partial charge in [-0.05, 0) is 47.9 Å². The molecule has 1 heterocycles. The molecule has 1 aromatic heterocycles. The molecule has 2 rings (SSSR count). The van der Waals surface area contributed by atoms with E-state index in [0.717, 1.165) is 11.5 Å². The van der Waals surface area contributed by atoms with E-state index in [1.54, 1.807) is 0 Å². The number of hydrogen-bond acceptors (Lipinski definition) is 6. The number of rotatable bonds is 3. The minimum Gasteiger partial charge on any atom is -0.768 e. The van der Waals surface area contributed by atoms with Crippen molar-refractivity contribution in [2.45, 2.75) is 9.10 Å². The molecule has 1 N–H and O–H groups in total. The number of benzene rings is 1. The summed E-state index contributed by atoms with van der Waals surface area (Å²) in [6.45, 7) is 0. The SMILES string of the molecule is CNS(=O)(=O)c1snc2cc(S(=O)[O-])ccc12.[Na+]. The summed E-state index contributed by atoms with van der Waals surface area (Å²) < 4.78 is 51.0. The van der Waals surface area contributed by atoms with Crippen molar-refractivity contribution in [2.24, 2.45) is 0 Å². The van der Waals surface area contributed by atoms with Gasteiger partial charge in [0, 0.05) is 10.3 Å². The van der Waals surface area contributed by atoms with Gasteiger partial charge in [-0.1, -0.05) is 0 Å². The number of hydrogen-bond donors (Lipinski definition) is 1. The first kappa shape index (κ1) is 16.2. The standard InChI is InChI=1S/C8H8N2O4S3.Na/c1-9-17(13,14)8-6-3-2-5(16(11)12)4-7(6)10-15-8;/h2-4,9H,1H3,(H,11,12);/q;+1/p-1. The van der Waals surface area contributed by atoms with Crippen LogP contribution in [-0.2, 0) is 21.1 Å². The molecule has 92 valence electrons. The molecule has 6 nitrogen and oxygen atoms in total. The maximum atomic E-state index is 11.6. The number of aromatic nitrogens is 1. The minimum absolute atomic E-state index is 0. The Hall–Kier alpha value is 0.130. The zero-order valence-corrected chi connectivity index (χ0v) is 14.0. The van der Waals surface area contributed by atoms with Crippen molar-refractivity contribution in [1.82, 2.24) is 9.10 Å². The Morgan fingerprint density at radius 1 is 1.44 bits per heavy atom. The Balaban J connectivity index is 0.00000162. The summed E-state index contributed by atoms with van der Waals surface area (Å²) in [5.74, 6) is 0. The van der Waals surface area contributed by atoms with Crippen LogP contribution in [0.1, 0.15) is 0 Å². The largest absolute Gasteiger partial charge is 1.00 e. The fourth-order valence-electron chi connectivity index (χ4n) is 1.29. The molecule has 0 amide bonds. The Labute approximate surface area is 133 Å². The summed E-state index contributed by atoms with van der Waals surface area (Å²) in [7, 11) is -2.26. The number of nitrogens with zero attached hydrogens (tertiary/aromatic N) is 1. The van der Waals surface area contributed by atoms with Gasteiger partial charge in [0.1, 0.15) is 0 Å². The van der Waals surface area contributed by atoms with E-state index in [0.29, 0.717) is 10.9 Å². The van der Waals surface area contributed by atoms with Gasteiger partial charge in [0.15, 0.2) is 4.21 Å². The van der Waals surface area contributed by atoms with Gasteiger partial charge in [0.2, 0.25) is 0 Å². The number of nitrogens with one attached hydrogen (secondary N) is 1. The van der Waals surface area contributed by atoms with Crippen LogP contribution in [0.5, 0.6) is 0 Å². The van der Waals surface area contributed by atoms with Gasteiger partial charge in [-0.25, -0.2) is 13.1 Å². The molecule has 1 aromatic carbocycles. The molecule has 0 aliphatic carbocycles. The van der Waals surface area contributed by atoms with Gasteiger partial charge in [-0.3, -0.25) is 4.21 Å². The van der Waals surface area contributed by atoms with E-state index < -0.39 is 21.1 Å². The van der Waals surface area contributed by atoms with Gasteiger partial charge >= 0.3 is 29.6 Å². The van der Waals surface area contributed by atoms with Crippen LogP contribution in [0.3, 0.4) is 0 Å². The monoisotopic (exact) mass is 314 g/mol. The molecule has 0 bridgehead atoms. The smallest absolute Gasteiger partial charge is 0.768 e. The van der Waals surface area contributed by atoms with Gasteiger partial charge < -0.3 is 4.55 Å². The van der Waals surface area contributed by atoms with Crippen LogP contribution in [0.15, 0.2) is 27.3 Å². The quantitative estimate of drug-likeness (QED) is 0.496. The molecule has 1 unspecified atom stereocenters. The third kappa shape index (κ3) is 2.99. The normalized spacial score (nSPS) is 13.2. The Morgan fingerprint density at radius 2 is 2.11 bits per heavy atom. The first-order valence-corrected chi connectivity index (χ1v) is 7.71. The van der Waals surface area contributed by atoms with E-state index in [9.17, 15) is 17.2 Å². The first-order valence-electron chi connectivity index (χ1n) is 4.38. The van der Waals surface area contributed by atoms with Gasteiger partial charge in [-0.2, -0.15) is 4.37 Å². The van der Waals surface area contributed by atoms with E-state index in [1.165, 1.54) is 25.2 Å². The molecule has 0 fully saturated rings. The molecular weight excluding hydrogens is 307 g/mol. The number of fused-ring (bicyclic) bond motifs is 1. The van der Waals surface area contributed by atoms with Gasteiger partial charge in [-0.15, -0.1) is 0 Å². The van der Waals surface area contributed by atoms with Crippen molar-refractivity contribution in [3.8, 4) is 0 Å². The minimum atomic E-state index is -3.56. The maximum Gasteiger partial charge on any atom is 1.00 e. The Morgan fingerprint density at radius 3 is 2.67 bits per heavy atom. The topological polar surface area (TPSA) is 99.2 Å². The average Bonchev–Trinajstić information content (AvgIpc) is 2.72. The third-order valence-corrected chi connectivity index (χ3v) is 5.56. The molecule has 18 heavy (non-hydrogen) atoms. The molecule has 0 radical (unpaired) electrons. The molecule has 0 aliphatic heterocycles. The second kappa shape index (κ2) is 6.06. The number of sulfonamides is 1. The van der Waals surface area contributed by atoms with Crippen LogP contribution in [0, 0.1) is 0 Å². The van der Waals surface area contributed by atoms with E-state index in [-0.39, 0.29) is 38.7 Å². The molecule has 1 atom stereocenters. The molecular formula is C8H7N2NaO4S3. The zero-order valence-electron chi connectivity index (χ0n) is 9.54. The van der Waals surface area contributed by atoms with Gasteiger partial charge in [0.05, 0.1) is 5.52 Å². The average molecular weight is 314 g/mol. The summed E-state index contributed by atoms with van der Waals surface area (Å²) in [4.78, 5) is 0.0798. The third-order valence-electron chi connectivity index (χ3n) is 2.12. The Kier molecular flexibility index (Phi) is 5.44. The van der Waals surface area contributed by atoms with Crippen LogP contribution in [-0.4, -0.2) is 28.6 Å². The van der Waals surface area contributed by atoms with E-state index in [2.05, 4.69) is 9.10 Å². The van der Waals surface area contributed by atoms with Crippen LogP contribution >= 0.6 is 11.5 Å². The summed E-state index contributed by atoms with van der Waals surface area (Å²) in [5.41, 5.74) is 0.352. The van der Waals surface area contributed by atoms with Crippen molar-refractivity contribution in [1.29, 1.82) is 0 Å². The predicted octanol–water partition coefficient (Wildman–Crippen LogP) is -2.55. The van der Waals surface area contributed by atoms with Crippen LogP contribution in [0.2, 0.25) is 0 Å². The van der Waals surface area contributed by atoms with Crippen LogP contribution in [0.4, 0.5) is 0 Å². The maximum absolute atomic E-state index is 11.6. The first-order chi connectivity index (χ1) is 7.95. The van der Waals surface area contributed by atoms with E-state index in [4.69, 9.17) is 0 Å². The molecule has 2 aromatic rings. The predicted molar refractivity (Wildman–Crippen MR) is 63.1 cm³/mol. The second-order valence-corrected chi connectivity index (χ2v) is 6.89. The summed E-state index contributed by atoms with van der Waals surface area (Å²) >= 11 is -1.54. The Bertz CT molecular complexity index is 697. The van der Waals surface area contributed by atoms with Gasteiger partial charge in [0.25, 0.3) is 10.0 Å². The fraction of sp³-hybridized carbons (Fsp3) is 0.125. The molecule has 10 heteroatoms. The van der Waals surface area contributed by atoms with Crippen molar-refractivity contribution >= 4 is 43.5 Å². The molecule has 0 saturated carbocycles. The van der Waals surface area contributed by atoms with E-state index in [1.807, 2.05) is 0 Å². The molecule has 0 aliphatic rings. The fourth-order valence-corrected chi connectivity index (χ4v) is 3.68. The van der Waals surface area contributed by atoms with Crippen molar-refractivity contribution in [2.75, 3.05) is 7.05 Å². The van der Waals surface area contributed by atoms with Crippen LogP contribution < -0.4 is 34.3 Å². The molecule has 0 saturated heterocycles.